The van der Waals surface area contributed by atoms with Crippen molar-refractivity contribution in [3.8, 4) is 0 Å². The quantitative estimate of drug-likeness (QED) is 0.916. The number of thioether (sulfide) groups is 1. The number of nitrogens with one attached hydrogen (secondary N) is 1. The van der Waals surface area contributed by atoms with Crippen LogP contribution in [-0.2, 0) is 6.54 Å². The molecule has 1 aliphatic rings. The summed E-state index contributed by atoms with van der Waals surface area (Å²) in [5, 5.41) is 6.70. The summed E-state index contributed by atoms with van der Waals surface area (Å²) >= 11 is 3.83. The molecule has 0 spiro atoms. The van der Waals surface area contributed by atoms with E-state index in [0.717, 1.165) is 22.4 Å². The van der Waals surface area contributed by atoms with Crippen LogP contribution in [-0.4, -0.2) is 26.4 Å². The molecule has 2 unspecified atom stereocenters. The number of hydrogen-bond donors (Lipinski definition) is 1. The molecule has 0 amide bonds. The second kappa shape index (κ2) is 5.85. The van der Waals surface area contributed by atoms with Gasteiger partial charge >= 0.3 is 0 Å². The van der Waals surface area contributed by atoms with Crippen LogP contribution >= 0.6 is 23.1 Å². The van der Waals surface area contributed by atoms with E-state index in [0.29, 0.717) is 6.04 Å². The summed E-state index contributed by atoms with van der Waals surface area (Å²) in [6.45, 7) is 5.31. The highest BCUT2D eigenvalue weighted by molar-refractivity contribution is 7.99. The molecular weight excluding hydrogens is 274 g/mol. The van der Waals surface area contributed by atoms with Gasteiger partial charge in [0, 0.05) is 29.4 Å². The molecule has 0 bridgehead atoms. The van der Waals surface area contributed by atoms with Crippen molar-refractivity contribution in [2.75, 3.05) is 5.75 Å². The first-order chi connectivity index (χ1) is 9.28. The molecule has 0 saturated heterocycles. The number of nitrogens with zero attached hydrogens (tertiary/aromatic N) is 2. The summed E-state index contributed by atoms with van der Waals surface area (Å²) in [5.74, 6) is 1.24. The summed E-state index contributed by atoms with van der Waals surface area (Å²) in [7, 11) is 0. The molecular formula is C14H21N3S2. The third kappa shape index (κ3) is 2.83. The maximum Gasteiger partial charge on any atom is 0.194 e. The number of imidazole rings is 1. The number of aromatic nitrogens is 2. The average molecular weight is 295 g/mol. The molecule has 19 heavy (non-hydrogen) atoms. The van der Waals surface area contributed by atoms with Gasteiger partial charge in [0.25, 0.3) is 0 Å². The van der Waals surface area contributed by atoms with Gasteiger partial charge in [-0.25, -0.2) is 4.98 Å². The van der Waals surface area contributed by atoms with Gasteiger partial charge in [0.1, 0.15) is 0 Å². The van der Waals surface area contributed by atoms with Gasteiger partial charge in [0.2, 0.25) is 0 Å². The van der Waals surface area contributed by atoms with Crippen LogP contribution in [0.4, 0.5) is 0 Å². The van der Waals surface area contributed by atoms with Crippen LogP contribution in [0.25, 0.3) is 4.96 Å². The van der Waals surface area contributed by atoms with Crippen LogP contribution in [0.5, 0.6) is 0 Å². The standard InChI is InChI=1S/C14H21N3S2/c1-3-18-12-5-4-11(8-12)15-9-13-10(2)16-14-17(13)6-7-19-14/h6-7,11-12,15H,3-5,8-9H2,1-2H3. The highest BCUT2D eigenvalue weighted by atomic mass is 32.2. The zero-order chi connectivity index (χ0) is 13.2. The Morgan fingerprint density at radius 1 is 1.53 bits per heavy atom. The first-order valence-corrected chi connectivity index (χ1v) is 8.96. The largest absolute Gasteiger partial charge is 0.308 e. The van der Waals surface area contributed by atoms with Gasteiger partial charge < -0.3 is 5.32 Å². The highest BCUT2D eigenvalue weighted by Gasteiger charge is 2.24. The maximum absolute atomic E-state index is 4.60. The number of thiazole rings is 1. The van der Waals surface area contributed by atoms with Crippen LogP contribution in [0.1, 0.15) is 37.6 Å². The minimum Gasteiger partial charge on any atom is -0.308 e. The van der Waals surface area contributed by atoms with E-state index >= 15 is 0 Å². The maximum atomic E-state index is 4.60. The third-order valence-electron chi connectivity index (χ3n) is 3.91. The normalized spacial score (nSPS) is 23.5. The number of fused-ring (bicyclic) bond motifs is 1. The summed E-state index contributed by atoms with van der Waals surface area (Å²) in [6, 6.07) is 0.688. The lowest BCUT2D eigenvalue weighted by atomic mass is 10.2. The Morgan fingerprint density at radius 3 is 3.26 bits per heavy atom. The van der Waals surface area contributed by atoms with E-state index in [2.05, 4.69) is 51.9 Å². The predicted octanol–water partition coefficient (Wildman–Crippen LogP) is 3.47. The van der Waals surface area contributed by atoms with Crippen LogP contribution in [0, 0.1) is 6.92 Å². The Bertz CT molecular complexity index is 546. The van der Waals surface area contributed by atoms with Crippen molar-refractivity contribution in [1.29, 1.82) is 0 Å². The molecule has 3 nitrogen and oxygen atoms in total. The van der Waals surface area contributed by atoms with Crippen LogP contribution < -0.4 is 5.32 Å². The number of hydrogen-bond acceptors (Lipinski definition) is 4. The van der Waals surface area contributed by atoms with Gasteiger partial charge in [-0.1, -0.05) is 6.92 Å². The van der Waals surface area contributed by atoms with E-state index in [4.69, 9.17) is 0 Å². The SMILES string of the molecule is CCSC1CCC(NCc2c(C)nc3sccn23)C1. The van der Waals surface area contributed by atoms with Gasteiger partial charge in [-0.2, -0.15) is 11.8 Å². The van der Waals surface area contributed by atoms with Gasteiger partial charge in [0.15, 0.2) is 4.96 Å². The highest BCUT2D eigenvalue weighted by Crippen LogP contribution is 2.30. The van der Waals surface area contributed by atoms with Gasteiger partial charge in [-0.15, -0.1) is 11.3 Å². The van der Waals surface area contributed by atoms with Crippen LogP contribution in [0.15, 0.2) is 11.6 Å². The lowest BCUT2D eigenvalue weighted by Crippen LogP contribution is -2.27. The first kappa shape index (κ1) is 13.5. The Labute approximate surface area is 122 Å². The Kier molecular flexibility index (Phi) is 4.15. The van der Waals surface area contributed by atoms with E-state index in [9.17, 15) is 0 Å². The van der Waals surface area contributed by atoms with Gasteiger partial charge in [0.05, 0.1) is 11.4 Å². The fraction of sp³-hybridized carbons (Fsp3) is 0.643. The van der Waals surface area contributed by atoms with Crippen LogP contribution in [0.2, 0.25) is 0 Å². The minimum absolute atomic E-state index is 0.688. The Balaban J connectivity index is 1.60. The van der Waals surface area contributed by atoms with Gasteiger partial charge in [-0.3, -0.25) is 4.40 Å². The first-order valence-electron chi connectivity index (χ1n) is 7.04. The molecule has 2 heterocycles. The van der Waals surface area contributed by atoms with E-state index in [1.807, 2.05) is 0 Å². The molecule has 0 aliphatic heterocycles. The molecule has 5 heteroatoms. The molecule has 104 valence electrons. The van der Waals surface area contributed by atoms with Crippen molar-refractivity contribution in [1.82, 2.24) is 14.7 Å². The zero-order valence-corrected chi connectivity index (χ0v) is 13.2. The van der Waals surface area contributed by atoms with Crippen molar-refractivity contribution in [2.24, 2.45) is 0 Å². The Morgan fingerprint density at radius 2 is 2.42 bits per heavy atom. The van der Waals surface area contributed by atoms with Gasteiger partial charge in [-0.05, 0) is 31.9 Å². The molecule has 1 fully saturated rings. The fourth-order valence-electron chi connectivity index (χ4n) is 2.91. The van der Waals surface area contributed by atoms with Crippen molar-refractivity contribution < 1.29 is 0 Å². The third-order valence-corrected chi connectivity index (χ3v) is 5.90. The molecule has 2 aromatic heterocycles. The minimum atomic E-state index is 0.688. The summed E-state index contributed by atoms with van der Waals surface area (Å²) in [5.41, 5.74) is 2.49. The molecule has 1 aliphatic carbocycles. The molecule has 2 atom stereocenters. The molecule has 1 saturated carbocycles. The fourth-order valence-corrected chi connectivity index (χ4v) is 4.83. The molecule has 0 aromatic carbocycles. The van der Waals surface area contributed by atoms with Crippen molar-refractivity contribution >= 4 is 28.1 Å². The van der Waals surface area contributed by atoms with Crippen LogP contribution in [0.3, 0.4) is 0 Å². The molecule has 1 N–H and O–H groups in total. The number of aryl methyl sites for hydroxylation is 1. The topological polar surface area (TPSA) is 29.3 Å². The zero-order valence-electron chi connectivity index (χ0n) is 11.6. The van der Waals surface area contributed by atoms with E-state index in [-0.39, 0.29) is 0 Å². The predicted molar refractivity (Wildman–Crippen MR) is 84.2 cm³/mol. The van der Waals surface area contributed by atoms with Crippen molar-refractivity contribution in [3.05, 3.63) is 23.0 Å². The monoisotopic (exact) mass is 295 g/mol. The van der Waals surface area contributed by atoms with E-state index < -0.39 is 0 Å². The van der Waals surface area contributed by atoms with E-state index in [1.165, 1.54) is 30.7 Å². The summed E-state index contributed by atoms with van der Waals surface area (Å²) in [6.07, 6.45) is 6.14. The molecule has 0 radical (unpaired) electrons. The summed E-state index contributed by atoms with van der Waals surface area (Å²) < 4.78 is 2.22. The lowest BCUT2D eigenvalue weighted by molar-refractivity contribution is 0.518. The molecule has 3 rings (SSSR count). The average Bonchev–Trinajstić information content (AvgIpc) is 3.05. The Hall–Kier alpha value is -0.520. The van der Waals surface area contributed by atoms with Crippen molar-refractivity contribution in [3.63, 3.8) is 0 Å². The molecule has 2 aromatic rings. The second-order valence-corrected chi connectivity index (χ2v) is 7.62. The summed E-state index contributed by atoms with van der Waals surface area (Å²) in [4.78, 5) is 5.71. The van der Waals surface area contributed by atoms with Crippen molar-refractivity contribution in [2.45, 2.75) is 50.9 Å². The smallest absolute Gasteiger partial charge is 0.194 e. The lowest BCUT2D eigenvalue weighted by Gasteiger charge is -2.13. The van der Waals surface area contributed by atoms with E-state index in [1.54, 1.807) is 11.3 Å². The second-order valence-electron chi connectivity index (χ2n) is 5.17. The number of rotatable bonds is 5.